The van der Waals surface area contributed by atoms with Gasteiger partial charge in [0.15, 0.2) is 0 Å². The first-order valence-corrected chi connectivity index (χ1v) is 18.6. The molecule has 0 unspecified atom stereocenters. The van der Waals surface area contributed by atoms with Crippen molar-refractivity contribution in [3.8, 4) is 50.6 Å². The Kier molecular flexibility index (Phi) is 7.90. The third kappa shape index (κ3) is 5.95. The van der Waals surface area contributed by atoms with Crippen molar-refractivity contribution in [3.05, 3.63) is 212 Å². The summed E-state index contributed by atoms with van der Waals surface area (Å²) in [5, 5.41) is 17.2. The number of hydrogen-bond acceptors (Lipinski definition) is 2. The van der Waals surface area contributed by atoms with Crippen LogP contribution in [0.25, 0.3) is 76.8 Å². The third-order valence-electron chi connectivity index (χ3n) is 10.8. The summed E-state index contributed by atoms with van der Waals surface area (Å²) in [4.78, 5) is 2.23. The molecular weight excluding hydrogens is 665 g/mol. The van der Waals surface area contributed by atoms with E-state index in [4.69, 9.17) is 0 Å². The van der Waals surface area contributed by atoms with E-state index in [1.165, 1.54) is 71.3 Å². The fourth-order valence-electron chi connectivity index (χ4n) is 8.03. The van der Waals surface area contributed by atoms with Gasteiger partial charge in [-0.05, 0) is 150 Å². The molecule has 0 fully saturated rings. The predicted octanol–water partition coefficient (Wildman–Crippen LogP) is 14.6. The average Bonchev–Trinajstić information content (AvgIpc) is 3.27. The molecule has 0 radical (unpaired) electrons. The predicted molar refractivity (Wildman–Crippen MR) is 231 cm³/mol. The second-order valence-corrected chi connectivity index (χ2v) is 14.1. The van der Waals surface area contributed by atoms with Gasteiger partial charge in [0.05, 0.1) is 11.6 Å². The van der Waals surface area contributed by atoms with Crippen molar-refractivity contribution >= 4 is 49.4 Å². The molecule has 0 bridgehead atoms. The normalized spacial score (nSPS) is 11.3. The number of rotatable bonds is 7. The highest BCUT2D eigenvalue weighted by atomic mass is 15.1. The first kappa shape index (κ1) is 32.2. The molecule has 10 aromatic carbocycles. The van der Waals surface area contributed by atoms with Gasteiger partial charge in [0, 0.05) is 17.1 Å². The second kappa shape index (κ2) is 13.5. The number of hydrogen-bond donors (Lipinski definition) is 0. The van der Waals surface area contributed by atoms with E-state index < -0.39 is 0 Å². The molecule has 2 heteroatoms. The van der Waals surface area contributed by atoms with Crippen LogP contribution in [-0.2, 0) is 0 Å². The lowest BCUT2D eigenvalue weighted by atomic mass is 9.89. The second-order valence-electron chi connectivity index (χ2n) is 14.1. The van der Waals surface area contributed by atoms with Crippen LogP contribution >= 0.6 is 0 Å². The molecule has 0 aliphatic carbocycles. The SMILES string of the molecule is N#Cc1ccc(N(c2ccc(-c3ccccc3)cc2)c2ccc(-c3ccc(-c4cc5ccc6cc(-c7ccccc7)cc7ccc(c4)c5c67)cc3)cc2)cc1. The molecule has 0 N–H and O–H groups in total. The zero-order valence-electron chi connectivity index (χ0n) is 30.0. The quantitative estimate of drug-likeness (QED) is 0.155. The lowest BCUT2D eigenvalue weighted by Crippen LogP contribution is -2.09. The van der Waals surface area contributed by atoms with Crippen molar-refractivity contribution in [1.82, 2.24) is 0 Å². The van der Waals surface area contributed by atoms with Crippen LogP contribution < -0.4 is 4.90 Å². The summed E-state index contributed by atoms with van der Waals surface area (Å²) < 4.78 is 0. The Labute approximate surface area is 320 Å². The Morgan fingerprint density at radius 2 is 0.582 bits per heavy atom. The molecular formula is C53H34N2. The van der Waals surface area contributed by atoms with Crippen molar-refractivity contribution in [2.45, 2.75) is 0 Å². The molecule has 0 atom stereocenters. The smallest absolute Gasteiger partial charge is 0.0991 e. The lowest BCUT2D eigenvalue weighted by molar-refractivity contribution is 1.28. The van der Waals surface area contributed by atoms with Crippen molar-refractivity contribution in [2.75, 3.05) is 4.90 Å². The zero-order chi connectivity index (χ0) is 36.7. The maximum Gasteiger partial charge on any atom is 0.0991 e. The van der Waals surface area contributed by atoms with Crippen LogP contribution in [0.1, 0.15) is 5.56 Å². The van der Waals surface area contributed by atoms with Gasteiger partial charge in [0.1, 0.15) is 0 Å². The number of anilines is 3. The van der Waals surface area contributed by atoms with E-state index in [0.717, 1.165) is 22.6 Å². The molecule has 0 saturated heterocycles. The number of nitrogens with zero attached hydrogens (tertiary/aromatic N) is 2. The highest BCUT2D eigenvalue weighted by molar-refractivity contribution is 6.24. The Balaban J connectivity index is 0.948. The standard InChI is InChI=1S/C53H34N2/c54-35-36-11-25-49(26-12-36)55(50-27-21-40(22-28-50)37-7-3-1-4-8-37)51-29-23-41(24-30-51)39-13-15-42(16-14-39)48-33-45-19-17-43-31-47(38-9-5-2-6-10-38)32-44-18-20-46(34-48)53(45)52(43)44/h1-34H. The molecule has 256 valence electrons. The van der Waals surface area contributed by atoms with Gasteiger partial charge in [-0.15, -0.1) is 0 Å². The molecule has 2 nitrogen and oxygen atoms in total. The first-order valence-electron chi connectivity index (χ1n) is 18.6. The molecule has 0 aromatic heterocycles. The Bertz CT molecular complexity index is 2910. The Morgan fingerprint density at radius 3 is 0.945 bits per heavy atom. The number of benzene rings is 10. The largest absolute Gasteiger partial charge is 0.311 e. The van der Waals surface area contributed by atoms with E-state index in [-0.39, 0.29) is 0 Å². The summed E-state index contributed by atoms with van der Waals surface area (Å²) in [6.45, 7) is 0. The summed E-state index contributed by atoms with van der Waals surface area (Å²) in [5.41, 5.74) is 13.3. The topological polar surface area (TPSA) is 27.0 Å². The van der Waals surface area contributed by atoms with Crippen LogP contribution in [0.3, 0.4) is 0 Å². The molecule has 10 aromatic rings. The summed E-state index contributed by atoms with van der Waals surface area (Å²) in [6, 6.07) is 75.8. The minimum atomic E-state index is 0.641. The van der Waals surface area contributed by atoms with Gasteiger partial charge in [0.25, 0.3) is 0 Å². The maximum absolute atomic E-state index is 9.43. The van der Waals surface area contributed by atoms with E-state index in [9.17, 15) is 5.26 Å². The molecule has 0 heterocycles. The first-order chi connectivity index (χ1) is 27.2. The minimum absolute atomic E-state index is 0.641. The summed E-state index contributed by atoms with van der Waals surface area (Å²) >= 11 is 0. The molecule has 55 heavy (non-hydrogen) atoms. The molecule has 0 saturated carbocycles. The molecule has 0 spiro atoms. The van der Waals surface area contributed by atoms with Gasteiger partial charge in [0.2, 0.25) is 0 Å². The fraction of sp³-hybridized carbons (Fsp3) is 0. The molecule has 0 aliphatic heterocycles. The maximum atomic E-state index is 9.43. The van der Waals surface area contributed by atoms with Crippen molar-refractivity contribution in [1.29, 1.82) is 5.26 Å². The van der Waals surface area contributed by atoms with Gasteiger partial charge in [-0.1, -0.05) is 133 Å². The van der Waals surface area contributed by atoms with Crippen LogP contribution in [-0.4, -0.2) is 0 Å². The van der Waals surface area contributed by atoms with Gasteiger partial charge in [-0.3, -0.25) is 0 Å². The van der Waals surface area contributed by atoms with E-state index in [0.29, 0.717) is 5.56 Å². The van der Waals surface area contributed by atoms with E-state index in [2.05, 4.69) is 187 Å². The van der Waals surface area contributed by atoms with Gasteiger partial charge >= 0.3 is 0 Å². The summed E-state index contributed by atoms with van der Waals surface area (Å²) in [7, 11) is 0. The summed E-state index contributed by atoms with van der Waals surface area (Å²) in [6.07, 6.45) is 0. The van der Waals surface area contributed by atoms with Crippen LogP contribution in [0.15, 0.2) is 206 Å². The monoisotopic (exact) mass is 698 g/mol. The zero-order valence-corrected chi connectivity index (χ0v) is 30.0. The molecule has 10 rings (SSSR count). The molecule has 0 aliphatic rings. The minimum Gasteiger partial charge on any atom is -0.311 e. The Hall–Kier alpha value is -7.47. The van der Waals surface area contributed by atoms with E-state index in [1.807, 2.05) is 30.3 Å². The van der Waals surface area contributed by atoms with Crippen molar-refractivity contribution in [3.63, 3.8) is 0 Å². The molecule has 0 amide bonds. The van der Waals surface area contributed by atoms with Crippen LogP contribution in [0, 0.1) is 11.3 Å². The van der Waals surface area contributed by atoms with Gasteiger partial charge in [-0.25, -0.2) is 0 Å². The third-order valence-corrected chi connectivity index (χ3v) is 10.8. The highest BCUT2D eigenvalue weighted by Crippen LogP contribution is 2.41. The van der Waals surface area contributed by atoms with Crippen LogP contribution in [0.5, 0.6) is 0 Å². The number of nitriles is 1. The average molecular weight is 699 g/mol. The summed E-state index contributed by atoms with van der Waals surface area (Å²) in [5.74, 6) is 0. The van der Waals surface area contributed by atoms with Crippen LogP contribution in [0.2, 0.25) is 0 Å². The fourth-order valence-corrected chi connectivity index (χ4v) is 8.03. The lowest BCUT2D eigenvalue weighted by Gasteiger charge is -2.26. The van der Waals surface area contributed by atoms with E-state index in [1.54, 1.807) is 0 Å². The highest BCUT2D eigenvalue weighted by Gasteiger charge is 2.15. The van der Waals surface area contributed by atoms with Crippen LogP contribution in [0.4, 0.5) is 17.1 Å². The van der Waals surface area contributed by atoms with Gasteiger partial charge in [-0.2, -0.15) is 5.26 Å². The van der Waals surface area contributed by atoms with Crippen molar-refractivity contribution in [2.24, 2.45) is 0 Å². The van der Waals surface area contributed by atoms with Crippen molar-refractivity contribution < 1.29 is 0 Å². The Morgan fingerprint density at radius 1 is 0.291 bits per heavy atom. The van der Waals surface area contributed by atoms with E-state index >= 15 is 0 Å². The van der Waals surface area contributed by atoms with Gasteiger partial charge < -0.3 is 4.90 Å².